The first-order valence-corrected chi connectivity index (χ1v) is 6.92. The molecule has 0 aliphatic carbocycles. The molecule has 0 fully saturated rings. The maximum absolute atomic E-state index is 14.1. The van der Waals surface area contributed by atoms with Crippen LogP contribution in [0.5, 0.6) is 5.75 Å². The highest BCUT2D eigenvalue weighted by Crippen LogP contribution is 2.32. The molecule has 0 heterocycles. The molecule has 0 aliphatic rings. The first-order chi connectivity index (χ1) is 10.5. The number of rotatable bonds is 6. The van der Waals surface area contributed by atoms with Crippen molar-refractivity contribution in [1.29, 1.82) is 0 Å². The lowest BCUT2D eigenvalue weighted by Gasteiger charge is -2.19. The summed E-state index contributed by atoms with van der Waals surface area (Å²) >= 11 is 0. The summed E-state index contributed by atoms with van der Waals surface area (Å²) in [6.07, 6.45) is -2.87. The fraction of sp³-hybridized carbons (Fsp3) is 0.294. The van der Waals surface area contributed by atoms with Gasteiger partial charge in [0, 0.05) is 7.11 Å². The van der Waals surface area contributed by atoms with E-state index in [1.807, 2.05) is 6.92 Å². The molecule has 1 atom stereocenters. The van der Waals surface area contributed by atoms with Gasteiger partial charge < -0.3 is 9.47 Å². The van der Waals surface area contributed by atoms with Gasteiger partial charge in [0.1, 0.15) is 11.6 Å². The van der Waals surface area contributed by atoms with E-state index in [9.17, 15) is 13.2 Å². The Morgan fingerprint density at radius 2 is 1.59 bits per heavy atom. The van der Waals surface area contributed by atoms with Crippen LogP contribution in [0.3, 0.4) is 0 Å². The molecule has 2 nitrogen and oxygen atoms in total. The zero-order valence-electron chi connectivity index (χ0n) is 12.4. The van der Waals surface area contributed by atoms with Crippen LogP contribution in [-0.4, -0.2) is 7.11 Å². The molecule has 2 aromatic carbocycles. The molecule has 118 valence electrons. The van der Waals surface area contributed by atoms with Crippen LogP contribution < -0.4 is 4.74 Å². The number of hydrogen-bond acceptors (Lipinski definition) is 2. The van der Waals surface area contributed by atoms with Crippen molar-refractivity contribution in [3.63, 3.8) is 0 Å². The van der Waals surface area contributed by atoms with Crippen LogP contribution in [0.4, 0.5) is 13.2 Å². The number of methoxy groups -OCH3 is 1. The molecule has 0 N–H and O–H groups in total. The van der Waals surface area contributed by atoms with Gasteiger partial charge in [-0.05, 0) is 48.4 Å². The zero-order valence-corrected chi connectivity index (χ0v) is 12.4. The third kappa shape index (κ3) is 3.80. The fourth-order valence-electron chi connectivity index (χ4n) is 2.14. The minimum atomic E-state index is -3.49. The Hall–Kier alpha value is -2.01. The summed E-state index contributed by atoms with van der Waals surface area (Å²) in [5, 5.41) is 0. The predicted octanol–water partition coefficient (Wildman–Crippen LogP) is 5.05. The molecular formula is C17H17F3O2. The SMILES string of the molecule is CCC(OC)c1ccc(C(F)(F)Oc2ccc(F)cc2)cc1. The van der Waals surface area contributed by atoms with Crippen LogP contribution in [0.25, 0.3) is 0 Å². The molecule has 0 saturated carbocycles. The van der Waals surface area contributed by atoms with E-state index in [0.717, 1.165) is 36.2 Å². The highest BCUT2D eigenvalue weighted by Gasteiger charge is 2.34. The molecule has 0 amide bonds. The Morgan fingerprint density at radius 1 is 1.00 bits per heavy atom. The van der Waals surface area contributed by atoms with E-state index in [-0.39, 0.29) is 17.4 Å². The van der Waals surface area contributed by atoms with Gasteiger partial charge in [-0.1, -0.05) is 19.1 Å². The second-order valence-electron chi connectivity index (χ2n) is 4.83. The molecule has 0 aromatic heterocycles. The maximum Gasteiger partial charge on any atom is 0.426 e. The van der Waals surface area contributed by atoms with Crippen molar-refractivity contribution in [3.05, 3.63) is 65.5 Å². The first-order valence-electron chi connectivity index (χ1n) is 6.92. The van der Waals surface area contributed by atoms with Crippen molar-refractivity contribution in [3.8, 4) is 5.75 Å². The lowest BCUT2D eigenvalue weighted by molar-refractivity contribution is -0.185. The molecule has 22 heavy (non-hydrogen) atoms. The largest absolute Gasteiger partial charge is 0.429 e. The van der Waals surface area contributed by atoms with E-state index in [1.165, 1.54) is 12.1 Å². The molecule has 0 spiro atoms. The third-order valence-electron chi connectivity index (χ3n) is 3.33. The summed E-state index contributed by atoms with van der Waals surface area (Å²) in [5.74, 6) is -0.607. The minimum Gasteiger partial charge on any atom is -0.429 e. The average molecular weight is 310 g/mol. The van der Waals surface area contributed by atoms with E-state index < -0.39 is 11.9 Å². The number of ether oxygens (including phenoxy) is 2. The summed E-state index contributed by atoms with van der Waals surface area (Å²) in [5.41, 5.74) is 0.554. The van der Waals surface area contributed by atoms with Crippen LogP contribution in [-0.2, 0) is 10.8 Å². The average Bonchev–Trinajstić information content (AvgIpc) is 2.51. The standard InChI is InChI=1S/C17H17F3O2/c1-3-16(21-2)12-4-6-13(7-5-12)17(19,20)22-15-10-8-14(18)9-11-15/h4-11,16H,3H2,1-2H3. The van der Waals surface area contributed by atoms with Crippen molar-refractivity contribution in [1.82, 2.24) is 0 Å². The summed E-state index contributed by atoms with van der Waals surface area (Å²) in [7, 11) is 1.58. The van der Waals surface area contributed by atoms with E-state index in [0.29, 0.717) is 0 Å². The van der Waals surface area contributed by atoms with Gasteiger partial charge in [-0.25, -0.2) is 4.39 Å². The van der Waals surface area contributed by atoms with Crippen LogP contribution in [0.15, 0.2) is 48.5 Å². The van der Waals surface area contributed by atoms with Gasteiger partial charge in [0.05, 0.1) is 11.7 Å². The molecule has 0 saturated heterocycles. The summed E-state index contributed by atoms with van der Waals surface area (Å²) in [6, 6.07) is 10.3. The lowest BCUT2D eigenvalue weighted by Crippen LogP contribution is -2.21. The Bertz CT molecular complexity index is 590. The molecule has 0 radical (unpaired) electrons. The van der Waals surface area contributed by atoms with Gasteiger partial charge in [-0.2, -0.15) is 8.78 Å². The molecule has 1 unspecified atom stereocenters. The van der Waals surface area contributed by atoms with Gasteiger partial charge in [-0.3, -0.25) is 0 Å². The minimum absolute atomic E-state index is 0.0983. The van der Waals surface area contributed by atoms with Crippen LogP contribution in [0, 0.1) is 5.82 Å². The number of alkyl halides is 2. The molecule has 0 bridgehead atoms. The quantitative estimate of drug-likeness (QED) is 0.743. The first kappa shape index (κ1) is 16.4. The van der Waals surface area contributed by atoms with Gasteiger partial charge in [0.15, 0.2) is 0 Å². The van der Waals surface area contributed by atoms with Crippen molar-refractivity contribution in [2.75, 3.05) is 7.11 Å². The number of hydrogen-bond donors (Lipinski definition) is 0. The van der Waals surface area contributed by atoms with Crippen molar-refractivity contribution >= 4 is 0 Å². The van der Waals surface area contributed by atoms with Crippen LogP contribution >= 0.6 is 0 Å². The normalized spacial score (nSPS) is 13.0. The molecule has 2 aromatic rings. The highest BCUT2D eigenvalue weighted by molar-refractivity contribution is 5.28. The Morgan fingerprint density at radius 3 is 2.09 bits per heavy atom. The third-order valence-corrected chi connectivity index (χ3v) is 3.33. The summed E-state index contributed by atoms with van der Waals surface area (Å²) in [4.78, 5) is 0. The van der Waals surface area contributed by atoms with E-state index >= 15 is 0 Å². The monoisotopic (exact) mass is 310 g/mol. The van der Waals surface area contributed by atoms with Gasteiger partial charge in [0.25, 0.3) is 0 Å². The number of halogens is 3. The predicted molar refractivity (Wildman–Crippen MR) is 77.4 cm³/mol. The summed E-state index contributed by atoms with van der Waals surface area (Å²) < 4.78 is 50.9. The van der Waals surface area contributed by atoms with E-state index in [2.05, 4.69) is 4.74 Å². The lowest BCUT2D eigenvalue weighted by atomic mass is 10.0. The fourth-order valence-corrected chi connectivity index (χ4v) is 2.14. The van der Waals surface area contributed by atoms with Crippen LogP contribution in [0.1, 0.15) is 30.6 Å². The van der Waals surface area contributed by atoms with E-state index in [4.69, 9.17) is 4.74 Å². The number of benzene rings is 2. The molecule has 5 heteroatoms. The van der Waals surface area contributed by atoms with Crippen LogP contribution in [0.2, 0.25) is 0 Å². The second-order valence-corrected chi connectivity index (χ2v) is 4.83. The Kier molecular flexibility index (Phi) is 5.08. The zero-order chi connectivity index (χ0) is 16.2. The van der Waals surface area contributed by atoms with E-state index in [1.54, 1.807) is 19.2 Å². The van der Waals surface area contributed by atoms with Crippen molar-refractivity contribution in [2.24, 2.45) is 0 Å². The summed E-state index contributed by atoms with van der Waals surface area (Å²) in [6.45, 7) is 1.95. The molecule has 2 rings (SSSR count). The topological polar surface area (TPSA) is 18.5 Å². The van der Waals surface area contributed by atoms with Gasteiger partial charge in [0.2, 0.25) is 0 Å². The molecular weight excluding hydrogens is 293 g/mol. The van der Waals surface area contributed by atoms with Crippen molar-refractivity contribution in [2.45, 2.75) is 25.6 Å². The smallest absolute Gasteiger partial charge is 0.426 e. The molecule has 0 aliphatic heterocycles. The maximum atomic E-state index is 14.1. The highest BCUT2D eigenvalue weighted by atomic mass is 19.3. The van der Waals surface area contributed by atoms with Gasteiger partial charge >= 0.3 is 6.11 Å². The van der Waals surface area contributed by atoms with Gasteiger partial charge in [-0.15, -0.1) is 0 Å². The van der Waals surface area contributed by atoms with Crippen molar-refractivity contribution < 1.29 is 22.6 Å². The second kappa shape index (κ2) is 6.83. The Labute approximate surface area is 127 Å². The Balaban J connectivity index is 2.16.